The van der Waals surface area contributed by atoms with Crippen LogP contribution in [0.25, 0.3) is 0 Å². The third-order valence-electron chi connectivity index (χ3n) is 2.72. The number of β-amino-alcohol motifs (C(OH)–C–C–N with tert-alkyl or cyclic N) is 1. The predicted molar refractivity (Wildman–Crippen MR) is 57.9 cm³/mol. The van der Waals surface area contributed by atoms with Crippen molar-refractivity contribution < 1.29 is 9.90 Å². The molecule has 1 aromatic rings. The van der Waals surface area contributed by atoms with Crippen LogP contribution in [-0.4, -0.2) is 39.7 Å². The molecule has 0 bridgehead atoms. The zero-order chi connectivity index (χ0) is 11.5. The number of carbonyl (C=O) groups excluding carboxylic acids is 1. The lowest BCUT2D eigenvalue weighted by molar-refractivity contribution is -0.131. The van der Waals surface area contributed by atoms with E-state index >= 15 is 0 Å². The average molecular weight is 222 g/mol. The Morgan fingerprint density at radius 1 is 1.50 bits per heavy atom. The molecule has 5 heteroatoms. The summed E-state index contributed by atoms with van der Waals surface area (Å²) in [5, 5.41) is 9.31. The number of likely N-dealkylation sites (tertiary alicyclic amines) is 1. The van der Waals surface area contributed by atoms with E-state index in [-0.39, 0.29) is 18.0 Å². The van der Waals surface area contributed by atoms with Crippen molar-refractivity contribution in [2.45, 2.75) is 19.1 Å². The maximum atomic E-state index is 11.8. The zero-order valence-corrected chi connectivity index (χ0v) is 8.87. The molecular weight excluding hydrogens is 208 g/mol. The molecule has 86 valence electrons. The number of hydrogen-bond acceptors (Lipinski definition) is 3. The summed E-state index contributed by atoms with van der Waals surface area (Å²) in [7, 11) is 0. The molecule has 1 aliphatic rings. The van der Waals surface area contributed by atoms with Crippen LogP contribution < -0.4 is 5.56 Å². The Morgan fingerprint density at radius 2 is 2.31 bits per heavy atom. The first-order valence-corrected chi connectivity index (χ1v) is 5.28. The summed E-state index contributed by atoms with van der Waals surface area (Å²) >= 11 is 0. The molecule has 0 saturated carbocycles. The van der Waals surface area contributed by atoms with Crippen molar-refractivity contribution in [1.82, 2.24) is 9.47 Å². The number of hydrogen-bond donors (Lipinski definition) is 1. The summed E-state index contributed by atoms with van der Waals surface area (Å²) in [6.07, 6.45) is 1.79. The van der Waals surface area contributed by atoms with Gasteiger partial charge in [-0.3, -0.25) is 9.59 Å². The maximum absolute atomic E-state index is 11.8. The minimum absolute atomic E-state index is 0.0480. The second-order valence-corrected chi connectivity index (χ2v) is 3.95. The first kappa shape index (κ1) is 10.9. The number of aromatic nitrogens is 1. The lowest BCUT2D eigenvalue weighted by Crippen LogP contribution is -2.35. The standard InChI is InChI=1S/C11H14N2O3/c14-9-4-6-13(7-9)11(16)8-12-5-2-1-3-10(12)15/h1-3,5,9,14H,4,6-8H2/t9-/m1/s1. The maximum Gasteiger partial charge on any atom is 0.250 e. The van der Waals surface area contributed by atoms with Crippen LogP contribution in [0.5, 0.6) is 0 Å². The Bertz CT molecular complexity index is 441. The summed E-state index contributed by atoms with van der Waals surface area (Å²) in [6.45, 7) is 0.994. The Labute approximate surface area is 92.9 Å². The average Bonchev–Trinajstić information content (AvgIpc) is 2.68. The molecule has 1 aromatic heterocycles. The number of aliphatic hydroxyl groups is 1. The normalized spacial score (nSPS) is 20.1. The van der Waals surface area contributed by atoms with Crippen molar-refractivity contribution in [3.63, 3.8) is 0 Å². The van der Waals surface area contributed by atoms with E-state index in [9.17, 15) is 14.7 Å². The molecule has 2 rings (SSSR count). The van der Waals surface area contributed by atoms with E-state index in [0.29, 0.717) is 19.5 Å². The van der Waals surface area contributed by atoms with Gasteiger partial charge >= 0.3 is 0 Å². The van der Waals surface area contributed by atoms with Crippen LogP contribution in [0, 0.1) is 0 Å². The van der Waals surface area contributed by atoms with E-state index in [1.807, 2.05) is 0 Å². The first-order valence-electron chi connectivity index (χ1n) is 5.28. The van der Waals surface area contributed by atoms with Crippen molar-refractivity contribution in [2.75, 3.05) is 13.1 Å². The highest BCUT2D eigenvalue weighted by Gasteiger charge is 2.24. The first-order chi connectivity index (χ1) is 7.66. The van der Waals surface area contributed by atoms with E-state index in [1.54, 1.807) is 23.2 Å². The Morgan fingerprint density at radius 3 is 2.94 bits per heavy atom. The molecule has 1 fully saturated rings. The molecule has 1 amide bonds. The second-order valence-electron chi connectivity index (χ2n) is 3.95. The zero-order valence-electron chi connectivity index (χ0n) is 8.87. The van der Waals surface area contributed by atoms with Crippen LogP contribution >= 0.6 is 0 Å². The number of rotatable bonds is 2. The van der Waals surface area contributed by atoms with Gasteiger partial charge in [0.1, 0.15) is 6.54 Å². The molecule has 1 aliphatic heterocycles. The van der Waals surface area contributed by atoms with Crippen molar-refractivity contribution >= 4 is 5.91 Å². The highest BCUT2D eigenvalue weighted by molar-refractivity contribution is 5.76. The number of aliphatic hydroxyl groups excluding tert-OH is 1. The molecule has 2 heterocycles. The van der Waals surface area contributed by atoms with Gasteiger partial charge in [0.2, 0.25) is 5.91 Å². The highest BCUT2D eigenvalue weighted by atomic mass is 16.3. The minimum atomic E-state index is -0.420. The molecular formula is C11H14N2O3. The van der Waals surface area contributed by atoms with E-state index < -0.39 is 6.10 Å². The van der Waals surface area contributed by atoms with Crippen LogP contribution in [0.1, 0.15) is 6.42 Å². The Kier molecular flexibility index (Phi) is 3.05. The minimum Gasteiger partial charge on any atom is -0.391 e. The van der Waals surface area contributed by atoms with Crippen LogP contribution in [0.4, 0.5) is 0 Å². The fraction of sp³-hybridized carbons (Fsp3) is 0.455. The molecule has 16 heavy (non-hydrogen) atoms. The summed E-state index contributed by atoms with van der Waals surface area (Å²) in [6, 6.07) is 4.78. The van der Waals surface area contributed by atoms with Crippen LogP contribution in [0.2, 0.25) is 0 Å². The molecule has 1 saturated heterocycles. The number of pyridine rings is 1. The van der Waals surface area contributed by atoms with Crippen LogP contribution in [0.3, 0.4) is 0 Å². The van der Waals surface area contributed by atoms with Gasteiger partial charge in [-0.1, -0.05) is 6.07 Å². The molecule has 0 aliphatic carbocycles. The third-order valence-corrected chi connectivity index (χ3v) is 2.72. The largest absolute Gasteiger partial charge is 0.391 e. The number of carbonyl (C=O) groups is 1. The Hall–Kier alpha value is -1.62. The molecule has 0 aromatic carbocycles. The monoisotopic (exact) mass is 222 g/mol. The van der Waals surface area contributed by atoms with E-state index in [2.05, 4.69) is 0 Å². The van der Waals surface area contributed by atoms with Crippen molar-refractivity contribution in [2.24, 2.45) is 0 Å². The quantitative estimate of drug-likeness (QED) is 0.729. The number of nitrogens with zero attached hydrogens (tertiary/aromatic N) is 2. The second kappa shape index (κ2) is 4.49. The predicted octanol–water partition coefficient (Wildman–Crippen LogP) is -0.559. The van der Waals surface area contributed by atoms with Gasteiger partial charge in [0.15, 0.2) is 0 Å². The van der Waals surface area contributed by atoms with Crippen molar-refractivity contribution in [3.8, 4) is 0 Å². The molecule has 5 nitrogen and oxygen atoms in total. The molecule has 1 atom stereocenters. The van der Waals surface area contributed by atoms with Gasteiger partial charge in [-0.15, -0.1) is 0 Å². The van der Waals surface area contributed by atoms with E-state index in [0.717, 1.165) is 0 Å². The van der Waals surface area contributed by atoms with Gasteiger partial charge in [0.25, 0.3) is 5.56 Å². The smallest absolute Gasteiger partial charge is 0.250 e. The van der Waals surface area contributed by atoms with Crippen molar-refractivity contribution in [3.05, 3.63) is 34.7 Å². The molecule has 0 radical (unpaired) electrons. The van der Waals surface area contributed by atoms with Crippen LogP contribution in [-0.2, 0) is 11.3 Å². The van der Waals surface area contributed by atoms with Gasteiger partial charge in [0.05, 0.1) is 6.10 Å². The third kappa shape index (κ3) is 2.30. The Balaban J connectivity index is 2.03. The molecule has 0 unspecified atom stereocenters. The van der Waals surface area contributed by atoms with E-state index in [1.165, 1.54) is 10.6 Å². The van der Waals surface area contributed by atoms with Gasteiger partial charge < -0.3 is 14.6 Å². The fourth-order valence-electron chi connectivity index (χ4n) is 1.81. The van der Waals surface area contributed by atoms with Gasteiger partial charge in [-0.2, -0.15) is 0 Å². The van der Waals surface area contributed by atoms with Crippen molar-refractivity contribution in [1.29, 1.82) is 0 Å². The fourth-order valence-corrected chi connectivity index (χ4v) is 1.81. The summed E-state index contributed by atoms with van der Waals surface area (Å²) in [4.78, 5) is 24.7. The van der Waals surface area contributed by atoms with Crippen LogP contribution in [0.15, 0.2) is 29.2 Å². The van der Waals surface area contributed by atoms with Gasteiger partial charge in [-0.25, -0.2) is 0 Å². The summed E-state index contributed by atoms with van der Waals surface area (Å²) in [5.41, 5.74) is -0.185. The molecule has 0 spiro atoms. The SMILES string of the molecule is O=C(Cn1ccccc1=O)N1CC[C@@H](O)C1. The summed E-state index contributed by atoms with van der Waals surface area (Å²) < 4.78 is 1.37. The highest BCUT2D eigenvalue weighted by Crippen LogP contribution is 2.08. The molecule has 1 N–H and O–H groups in total. The topological polar surface area (TPSA) is 62.5 Å². The lowest BCUT2D eigenvalue weighted by Gasteiger charge is -2.15. The lowest BCUT2D eigenvalue weighted by atomic mass is 10.3. The number of amides is 1. The van der Waals surface area contributed by atoms with E-state index in [4.69, 9.17) is 0 Å². The van der Waals surface area contributed by atoms with Gasteiger partial charge in [0, 0.05) is 25.4 Å². The summed E-state index contributed by atoms with van der Waals surface area (Å²) in [5.74, 6) is -0.121. The van der Waals surface area contributed by atoms with Gasteiger partial charge in [-0.05, 0) is 12.5 Å².